The van der Waals surface area contributed by atoms with Crippen molar-refractivity contribution in [3.8, 4) is 0 Å². The van der Waals surface area contributed by atoms with Crippen molar-refractivity contribution in [2.24, 2.45) is 0 Å². The highest BCUT2D eigenvalue weighted by Crippen LogP contribution is 1.80. The zero-order valence-electron chi connectivity index (χ0n) is 4.64. The fourth-order valence-electron chi connectivity index (χ4n) is 0.315. The topological polar surface area (TPSA) is 49.0 Å². The van der Waals surface area contributed by atoms with Crippen LogP contribution < -0.4 is 5.32 Å². The van der Waals surface area contributed by atoms with Crippen LogP contribution in [-0.4, -0.2) is 12.6 Å². The molecule has 1 N–H and O–H groups in total. The van der Waals surface area contributed by atoms with Crippen molar-refractivity contribution in [1.29, 1.82) is 0 Å². The molecule has 45 valence electrons. The fraction of sp³-hybridized carbons (Fsp3) is 0.600. The van der Waals surface area contributed by atoms with Gasteiger partial charge in [0.1, 0.15) is 0 Å². The van der Waals surface area contributed by atoms with Crippen molar-refractivity contribution in [3.05, 3.63) is 6.92 Å². The number of amides is 1. The van der Waals surface area contributed by atoms with Gasteiger partial charge >= 0.3 is 6.09 Å². The molecule has 0 aromatic heterocycles. The molecule has 0 aliphatic heterocycles. The molecule has 3 heteroatoms. The Morgan fingerprint density at radius 2 is 2.25 bits per heavy atom. The van der Waals surface area contributed by atoms with Crippen LogP contribution in [0.3, 0.4) is 0 Å². The van der Waals surface area contributed by atoms with Gasteiger partial charge in [0.2, 0.25) is 0 Å². The maximum absolute atomic E-state index is 9.63. The van der Waals surface area contributed by atoms with Gasteiger partial charge in [-0.15, -0.1) is 0 Å². The maximum atomic E-state index is 9.63. The number of nitrogens with one attached hydrogen (secondary N) is 1. The fourth-order valence-corrected chi connectivity index (χ4v) is 0.315. The summed E-state index contributed by atoms with van der Waals surface area (Å²) in [6.07, 6.45) is 0.312. The molecule has 0 rings (SSSR count). The molecule has 1 radical (unpaired) electrons. The van der Waals surface area contributed by atoms with E-state index in [-0.39, 0.29) is 0 Å². The number of unbranched alkanes of at least 4 members (excludes halogenated alkanes) is 1. The highest BCUT2D eigenvalue weighted by molar-refractivity contribution is 5.63. The summed E-state index contributed by atoms with van der Waals surface area (Å²) in [6.45, 7) is 3.98. The lowest BCUT2D eigenvalue weighted by atomic mass is 10.3. The monoisotopic (exact) mass is 115 g/mol. The van der Waals surface area contributed by atoms with Gasteiger partial charge in [-0.1, -0.05) is 0 Å². The molecule has 1 amide bonds. The summed E-state index contributed by atoms with van der Waals surface area (Å²) < 4.78 is 0. The molecule has 0 saturated carbocycles. The Balaban J connectivity index is 2.82. The van der Waals surface area contributed by atoms with Gasteiger partial charge in [0.25, 0.3) is 0 Å². The Bertz CT molecular complexity index is 72.8. The summed E-state index contributed by atoms with van der Waals surface area (Å²) in [7, 11) is 0. The summed E-state index contributed by atoms with van der Waals surface area (Å²) in [4.78, 5) is 9.63. The largest absolute Gasteiger partial charge is 0.450 e. The highest BCUT2D eigenvalue weighted by atomic mass is 16.4. The molecule has 0 aliphatic carbocycles. The van der Waals surface area contributed by atoms with Gasteiger partial charge < -0.3 is 5.32 Å². The van der Waals surface area contributed by atoms with Crippen LogP contribution in [0.4, 0.5) is 4.79 Å². The van der Waals surface area contributed by atoms with E-state index < -0.39 is 6.09 Å². The summed E-state index contributed by atoms with van der Waals surface area (Å²) >= 11 is 0. The average Bonchev–Trinajstić information content (AvgIpc) is 1.66. The quantitative estimate of drug-likeness (QED) is 0.428. The predicted molar refractivity (Wildman–Crippen MR) is 28.7 cm³/mol. The minimum Gasteiger partial charge on any atom is -0.318 e. The van der Waals surface area contributed by atoms with Gasteiger partial charge in [0, 0.05) is 13.0 Å². The van der Waals surface area contributed by atoms with E-state index in [0.29, 0.717) is 6.54 Å². The molecule has 0 heterocycles. The van der Waals surface area contributed by atoms with Crippen LogP contribution in [-0.2, 0) is 5.11 Å². The Labute approximate surface area is 48.7 Å². The third kappa shape index (κ3) is 5.14. The normalized spacial score (nSPS) is 8.50. The molecule has 3 nitrogen and oxygen atoms in total. The van der Waals surface area contributed by atoms with E-state index in [2.05, 4.69) is 12.2 Å². The van der Waals surface area contributed by atoms with E-state index in [0.717, 1.165) is 12.8 Å². The molecule has 0 spiro atoms. The average molecular weight is 115 g/mol. The Kier molecular flexibility index (Phi) is 3.84. The van der Waals surface area contributed by atoms with Crippen LogP contribution in [0, 0.1) is 6.92 Å². The Morgan fingerprint density at radius 3 is 2.62 bits per heavy atom. The highest BCUT2D eigenvalue weighted by Gasteiger charge is 1.93. The summed E-state index contributed by atoms with van der Waals surface area (Å²) in [6, 6.07) is 0. The lowest BCUT2D eigenvalue weighted by molar-refractivity contribution is 0.168. The van der Waals surface area contributed by atoms with Crippen LogP contribution in [0.2, 0.25) is 0 Å². The minimum atomic E-state index is -1.21. The van der Waals surface area contributed by atoms with Gasteiger partial charge in [-0.2, -0.15) is 0 Å². The molecule has 8 heavy (non-hydrogen) atoms. The van der Waals surface area contributed by atoms with E-state index in [1.54, 1.807) is 0 Å². The van der Waals surface area contributed by atoms with E-state index in [4.69, 9.17) is 0 Å². The number of rotatable bonds is 3. The smallest absolute Gasteiger partial charge is 0.318 e. The zero-order chi connectivity index (χ0) is 6.41. The second-order valence-corrected chi connectivity index (χ2v) is 1.42. The second kappa shape index (κ2) is 4.30. The van der Waals surface area contributed by atoms with Crippen molar-refractivity contribution in [1.82, 2.24) is 5.32 Å². The third-order valence-electron chi connectivity index (χ3n) is 0.696. The summed E-state index contributed by atoms with van der Waals surface area (Å²) in [5.41, 5.74) is 0. The molecule has 0 saturated heterocycles. The van der Waals surface area contributed by atoms with Crippen molar-refractivity contribution >= 4 is 6.09 Å². The molecule has 0 aromatic rings. The standard InChI is InChI=1S/C5H9NO2/c1-2-3-4-6-5(7)8/h6H,1-4H2/q+1. The molecule has 0 aromatic carbocycles. The third-order valence-corrected chi connectivity index (χ3v) is 0.696. The van der Waals surface area contributed by atoms with Gasteiger partial charge in [0.05, 0.1) is 13.3 Å². The summed E-state index contributed by atoms with van der Waals surface area (Å²) in [5.74, 6) is 0. The van der Waals surface area contributed by atoms with E-state index in [1.165, 1.54) is 0 Å². The Morgan fingerprint density at radius 1 is 1.62 bits per heavy atom. The van der Waals surface area contributed by atoms with Gasteiger partial charge in [-0.05, 0) is 0 Å². The molecule has 0 aliphatic rings. The molecule has 0 unspecified atom stereocenters. The number of carbonyl (C=O) groups excluding carboxylic acids is 1. The van der Waals surface area contributed by atoms with Crippen molar-refractivity contribution < 1.29 is 9.90 Å². The van der Waals surface area contributed by atoms with Gasteiger partial charge in [-0.25, -0.2) is 9.90 Å². The first-order valence-electron chi connectivity index (χ1n) is 2.51. The van der Waals surface area contributed by atoms with E-state index in [9.17, 15) is 9.90 Å². The van der Waals surface area contributed by atoms with E-state index in [1.807, 2.05) is 0 Å². The lowest BCUT2D eigenvalue weighted by Crippen LogP contribution is -2.20. The predicted octanol–water partition coefficient (Wildman–Crippen LogP) is 0.741. The second-order valence-electron chi connectivity index (χ2n) is 1.42. The van der Waals surface area contributed by atoms with Gasteiger partial charge in [0.15, 0.2) is 0 Å². The first kappa shape index (κ1) is 7.14. The molecule has 0 atom stereocenters. The lowest BCUT2D eigenvalue weighted by Gasteiger charge is -1.90. The van der Waals surface area contributed by atoms with E-state index >= 15 is 0 Å². The molecule has 0 fully saturated rings. The molecule has 0 bridgehead atoms. The van der Waals surface area contributed by atoms with Crippen LogP contribution >= 0.6 is 0 Å². The van der Waals surface area contributed by atoms with Crippen LogP contribution in [0.5, 0.6) is 0 Å². The van der Waals surface area contributed by atoms with Gasteiger partial charge in [-0.3, -0.25) is 0 Å². The minimum absolute atomic E-state index is 0.450. The van der Waals surface area contributed by atoms with Crippen LogP contribution in [0.1, 0.15) is 12.8 Å². The first-order valence-corrected chi connectivity index (χ1v) is 2.51. The maximum Gasteiger partial charge on any atom is 0.450 e. The van der Waals surface area contributed by atoms with Crippen molar-refractivity contribution in [2.75, 3.05) is 6.54 Å². The number of hydrogen-bond donors (Lipinski definition) is 1. The molecular weight excluding hydrogens is 106 g/mol. The summed E-state index contributed by atoms with van der Waals surface area (Å²) in [5, 5.41) is 11.7. The SMILES string of the molecule is [CH2+]CCCNC([O])=O. The Hall–Kier alpha value is -0.860. The van der Waals surface area contributed by atoms with Crippen molar-refractivity contribution in [3.63, 3.8) is 0 Å². The molecular formula is C5H9NO2+. The zero-order valence-corrected chi connectivity index (χ0v) is 4.64. The first-order chi connectivity index (χ1) is 3.77. The van der Waals surface area contributed by atoms with Crippen molar-refractivity contribution in [2.45, 2.75) is 12.8 Å². The number of carbonyl (C=O) groups is 1. The number of hydrogen-bond acceptors (Lipinski definition) is 1. The van der Waals surface area contributed by atoms with Crippen LogP contribution in [0.25, 0.3) is 0 Å². The van der Waals surface area contributed by atoms with Crippen LogP contribution in [0.15, 0.2) is 0 Å².